The summed E-state index contributed by atoms with van der Waals surface area (Å²) >= 11 is 1.77. The first-order chi connectivity index (χ1) is 11.8. The number of nitrogens with zero attached hydrogens (tertiary/aromatic N) is 1. The van der Waals surface area contributed by atoms with Gasteiger partial charge >= 0.3 is 0 Å². The lowest BCUT2D eigenvalue weighted by Gasteiger charge is -2.34. The van der Waals surface area contributed by atoms with Crippen LogP contribution in [-0.4, -0.2) is 56.7 Å². The normalized spacial score (nSPS) is 21.5. The SMILES string of the molecule is O=C(CCC1CCNCC1)NCC(c1cccs1)N1CCOCC1. The van der Waals surface area contributed by atoms with Crippen molar-refractivity contribution in [3.63, 3.8) is 0 Å². The molecule has 2 aliphatic rings. The molecule has 2 aliphatic heterocycles. The molecule has 3 heterocycles. The van der Waals surface area contributed by atoms with Crippen LogP contribution in [0.15, 0.2) is 17.5 Å². The van der Waals surface area contributed by atoms with Crippen molar-refractivity contribution in [3.8, 4) is 0 Å². The highest BCUT2D eigenvalue weighted by molar-refractivity contribution is 7.10. The number of rotatable bonds is 7. The second-order valence-electron chi connectivity index (χ2n) is 6.72. The quantitative estimate of drug-likeness (QED) is 0.789. The van der Waals surface area contributed by atoms with Crippen molar-refractivity contribution in [2.75, 3.05) is 45.9 Å². The molecule has 2 fully saturated rings. The van der Waals surface area contributed by atoms with E-state index in [1.165, 1.54) is 17.7 Å². The molecule has 0 spiro atoms. The molecule has 2 N–H and O–H groups in total. The number of ether oxygens (including phenoxy) is 1. The van der Waals surface area contributed by atoms with Gasteiger partial charge in [0.05, 0.1) is 19.3 Å². The number of carbonyl (C=O) groups is 1. The van der Waals surface area contributed by atoms with Crippen LogP contribution in [-0.2, 0) is 9.53 Å². The number of carbonyl (C=O) groups excluding carboxylic acids is 1. The van der Waals surface area contributed by atoms with Crippen molar-refractivity contribution in [2.24, 2.45) is 5.92 Å². The molecule has 5 nitrogen and oxygen atoms in total. The summed E-state index contributed by atoms with van der Waals surface area (Å²) in [4.78, 5) is 16.0. The van der Waals surface area contributed by atoms with E-state index < -0.39 is 0 Å². The van der Waals surface area contributed by atoms with Gasteiger partial charge in [0.15, 0.2) is 0 Å². The van der Waals surface area contributed by atoms with E-state index in [1.807, 2.05) is 0 Å². The minimum absolute atomic E-state index is 0.198. The molecule has 0 aromatic carbocycles. The molecule has 1 aromatic heterocycles. The Morgan fingerprint density at radius 3 is 2.88 bits per heavy atom. The zero-order valence-corrected chi connectivity index (χ0v) is 15.2. The Hall–Kier alpha value is -0.950. The Morgan fingerprint density at radius 2 is 2.17 bits per heavy atom. The highest BCUT2D eigenvalue weighted by Crippen LogP contribution is 2.25. The summed E-state index contributed by atoms with van der Waals surface area (Å²) in [6, 6.07) is 4.54. The van der Waals surface area contributed by atoms with Crippen molar-refractivity contribution in [2.45, 2.75) is 31.7 Å². The van der Waals surface area contributed by atoms with Gasteiger partial charge in [-0.25, -0.2) is 0 Å². The molecule has 0 aliphatic carbocycles. The largest absolute Gasteiger partial charge is 0.379 e. The monoisotopic (exact) mass is 351 g/mol. The van der Waals surface area contributed by atoms with Crippen LogP contribution in [0.1, 0.15) is 36.6 Å². The molecule has 3 rings (SSSR count). The third kappa shape index (κ3) is 5.28. The standard InChI is InChI=1S/C18H29N3O2S/c22-18(4-3-15-5-7-19-8-6-15)20-14-16(17-2-1-13-24-17)21-9-11-23-12-10-21/h1-2,13,15-16,19H,3-12,14H2,(H,20,22). The fourth-order valence-corrected chi connectivity index (χ4v) is 4.45. The van der Waals surface area contributed by atoms with Crippen LogP contribution in [0.3, 0.4) is 0 Å². The van der Waals surface area contributed by atoms with E-state index in [2.05, 4.69) is 33.0 Å². The van der Waals surface area contributed by atoms with E-state index in [1.54, 1.807) is 11.3 Å². The number of piperidine rings is 1. The smallest absolute Gasteiger partial charge is 0.220 e. The fraction of sp³-hybridized carbons (Fsp3) is 0.722. The average molecular weight is 352 g/mol. The Morgan fingerprint density at radius 1 is 1.38 bits per heavy atom. The molecular formula is C18H29N3O2S. The Kier molecular flexibility index (Phi) is 7.08. The third-order valence-electron chi connectivity index (χ3n) is 5.09. The molecule has 6 heteroatoms. The zero-order chi connectivity index (χ0) is 16.6. The van der Waals surface area contributed by atoms with Crippen LogP contribution in [0.4, 0.5) is 0 Å². The summed E-state index contributed by atoms with van der Waals surface area (Å²) in [6.07, 6.45) is 4.09. The molecular weight excluding hydrogens is 322 g/mol. The molecule has 134 valence electrons. The van der Waals surface area contributed by atoms with Crippen molar-refractivity contribution in [3.05, 3.63) is 22.4 Å². The Labute approximate surface area is 148 Å². The van der Waals surface area contributed by atoms with E-state index in [-0.39, 0.29) is 11.9 Å². The summed E-state index contributed by atoms with van der Waals surface area (Å²) in [7, 11) is 0. The molecule has 1 atom stereocenters. The van der Waals surface area contributed by atoms with Gasteiger partial charge in [-0.2, -0.15) is 0 Å². The number of amides is 1. The number of nitrogens with one attached hydrogen (secondary N) is 2. The van der Waals surface area contributed by atoms with E-state index in [9.17, 15) is 4.79 Å². The number of hydrogen-bond donors (Lipinski definition) is 2. The van der Waals surface area contributed by atoms with Gasteiger partial charge < -0.3 is 15.4 Å². The minimum atomic E-state index is 0.198. The van der Waals surface area contributed by atoms with Gasteiger partial charge in [-0.05, 0) is 49.7 Å². The van der Waals surface area contributed by atoms with Crippen LogP contribution < -0.4 is 10.6 Å². The van der Waals surface area contributed by atoms with Crippen LogP contribution in [0.2, 0.25) is 0 Å². The predicted octanol–water partition coefficient (Wildman–Crippen LogP) is 2.02. The topological polar surface area (TPSA) is 53.6 Å². The van der Waals surface area contributed by atoms with Gasteiger partial charge in [0, 0.05) is 30.9 Å². The van der Waals surface area contributed by atoms with Crippen molar-refractivity contribution >= 4 is 17.2 Å². The first-order valence-electron chi connectivity index (χ1n) is 9.15. The van der Waals surface area contributed by atoms with Gasteiger partial charge in [0.1, 0.15) is 0 Å². The fourth-order valence-electron chi connectivity index (χ4n) is 3.58. The molecule has 1 unspecified atom stereocenters. The van der Waals surface area contributed by atoms with E-state index in [4.69, 9.17) is 4.74 Å². The maximum Gasteiger partial charge on any atom is 0.220 e. The highest BCUT2D eigenvalue weighted by Gasteiger charge is 2.24. The summed E-state index contributed by atoms with van der Waals surface area (Å²) in [5.41, 5.74) is 0. The van der Waals surface area contributed by atoms with Gasteiger partial charge in [0.25, 0.3) is 0 Å². The number of thiophene rings is 1. The lowest BCUT2D eigenvalue weighted by Crippen LogP contribution is -2.43. The first-order valence-corrected chi connectivity index (χ1v) is 10.0. The average Bonchev–Trinajstić information content (AvgIpc) is 3.16. The second-order valence-corrected chi connectivity index (χ2v) is 7.69. The lowest BCUT2D eigenvalue weighted by atomic mass is 9.93. The zero-order valence-electron chi connectivity index (χ0n) is 14.3. The van der Waals surface area contributed by atoms with E-state index in [0.717, 1.165) is 45.8 Å². The molecule has 0 saturated carbocycles. The van der Waals surface area contributed by atoms with Crippen molar-refractivity contribution in [1.29, 1.82) is 0 Å². The third-order valence-corrected chi connectivity index (χ3v) is 6.06. The van der Waals surface area contributed by atoms with E-state index in [0.29, 0.717) is 18.9 Å². The summed E-state index contributed by atoms with van der Waals surface area (Å²) in [5, 5.41) is 8.67. The van der Waals surface area contributed by atoms with Crippen LogP contribution >= 0.6 is 11.3 Å². The molecule has 1 aromatic rings. The molecule has 2 saturated heterocycles. The highest BCUT2D eigenvalue weighted by atomic mass is 32.1. The van der Waals surface area contributed by atoms with E-state index >= 15 is 0 Å². The van der Waals surface area contributed by atoms with Crippen LogP contribution in [0, 0.1) is 5.92 Å². The molecule has 1 amide bonds. The van der Waals surface area contributed by atoms with Gasteiger partial charge in [-0.3, -0.25) is 9.69 Å². The predicted molar refractivity (Wildman–Crippen MR) is 97.3 cm³/mol. The van der Waals surface area contributed by atoms with Crippen LogP contribution in [0.5, 0.6) is 0 Å². The summed E-state index contributed by atoms with van der Waals surface area (Å²) < 4.78 is 5.47. The second kappa shape index (κ2) is 9.51. The first kappa shape index (κ1) is 17.9. The maximum absolute atomic E-state index is 12.3. The van der Waals surface area contributed by atoms with Gasteiger partial charge in [-0.1, -0.05) is 6.07 Å². The number of hydrogen-bond acceptors (Lipinski definition) is 5. The minimum Gasteiger partial charge on any atom is -0.379 e. The van der Waals surface area contributed by atoms with Gasteiger partial charge in [0.2, 0.25) is 5.91 Å². The lowest BCUT2D eigenvalue weighted by molar-refractivity contribution is -0.121. The Bertz CT molecular complexity index is 482. The molecule has 0 bridgehead atoms. The van der Waals surface area contributed by atoms with Crippen molar-refractivity contribution < 1.29 is 9.53 Å². The summed E-state index contributed by atoms with van der Waals surface area (Å²) in [6.45, 7) is 6.34. The molecule has 0 radical (unpaired) electrons. The number of morpholine rings is 1. The maximum atomic E-state index is 12.3. The molecule has 24 heavy (non-hydrogen) atoms. The Balaban J connectivity index is 1.46. The van der Waals surface area contributed by atoms with Crippen LogP contribution in [0.25, 0.3) is 0 Å². The summed E-state index contributed by atoms with van der Waals surface area (Å²) in [5.74, 6) is 0.910. The van der Waals surface area contributed by atoms with Crippen molar-refractivity contribution in [1.82, 2.24) is 15.5 Å². The van der Waals surface area contributed by atoms with Gasteiger partial charge in [-0.15, -0.1) is 11.3 Å².